The first kappa shape index (κ1) is 15.9. The van der Waals surface area contributed by atoms with Gasteiger partial charge in [0, 0.05) is 43.2 Å². The molecular weight excluding hydrogens is 267 g/mol. The summed E-state index contributed by atoms with van der Waals surface area (Å²) in [6.07, 6.45) is 0.390. The lowest BCUT2D eigenvalue weighted by Gasteiger charge is -2.19. The van der Waals surface area contributed by atoms with E-state index in [1.54, 1.807) is 19.2 Å². The summed E-state index contributed by atoms with van der Waals surface area (Å²) in [7, 11) is 1.65. The minimum Gasteiger partial charge on any atom is -0.341 e. The van der Waals surface area contributed by atoms with Crippen LogP contribution < -0.4 is 5.32 Å². The molecule has 1 N–H and O–H groups in total. The van der Waals surface area contributed by atoms with E-state index in [-0.39, 0.29) is 18.3 Å². The molecule has 0 radical (unpaired) electrons. The van der Waals surface area contributed by atoms with Crippen LogP contribution in [0.5, 0.6) is 0 Å². The number of hydrogen-bond donors (Lipinski definition) is 1. The molecule has 0 heterocycles. The quantitative estimate of drug-likeness (QED) is 0.872. The third-order valence-corrected chi connectivity index (χ3v) is 3.13. The Balaban J connectivity index is 2.54. The summed E-state index contributed by atoms with van der Waals surface area (Å²) in [5.41, 5.74) is 0.358. The monoisotopic (exact) mass is 286 g/mol. The maximum Gasteiger partial charge on any atom is 0.223 e. The summed E-state index contributed by atoms with van der Waals surface area (Å²) in [6.45, 7) is 4.85. The average molecular weight is 287 g/mol. The maximum atomic E-state index is 13.6. The molecular formula is C14H20ClFN2O. The fraction of sp³-hybridized carbons (Fsp3) is 0.500. The van der Waals surface area contributed by atoms with Gasteiger partial charge in [-0.15, -0.1) is 0 Å². The Morgan fingerprint density at radius 3 is 2.74 bits per heavy atom. The number of halogens is 2. The van der Waals surface area contributed by atoms with Crippen molar-refractivity contribution >= 4 is 17.5 Å². The summed E-state index contributed by atoms with van der Waals surface area (Å²) in [5.74, 6) is -0.417. The molecule has 0 aliphatic rings. The van der Waals surface area contributed by atoms with Crippen molar-refractivity contribution in [1.29, 1.82) is 0 Å². The zero-order valence-electron chi connectivity index (χ0n) is 11.5. The number of carbonyl (C=O) groups is 1. The molecule has 0 unspecified atom stereocenters. The Kier molecular flexibility index (Phi) is 6.25. The normalized spacial score (nSPS) is 10.8. The van der Waals surface area contributed by atoms with E-state index in [9.17, 15) is 9.18 Å². The van der Waals surface area contributed by atoms with Crippen LogP contribution in [0.25, 0.3) is 0 Å². The molecule has 1 aromatic carbocycles. The van der Waals surface area contributed by atoms with Gasteiger partial charge < -0.3 is 10.2 Å². The Hall–Kier alpha value is -1.13. The van der Waals surface area contributed by atoms with E-state index in [4.69, 9.17) is 11.6 Å². The highest BCUT2D eigenvalue weighted by Crippen LogP contribution is 2.20. The van der Waals surface area contributed by atoms with E-state index in [0.29, 0.717) is 29.6 Å². The summed E-state index contributed by atoms with van der Waals surface area (Å²) < 4.78 is 13.6. The minimum atomic E-state index is -0.382. The molecule has 0 fully saturated rings. The molecule has 5 heteroatoms. The average Bonchev–Trinajstić information content (AvgIpc) is 2.33. The van der Waals surface area contributed by atoms with Gasteiger partial charge in [-0.1, -0.05) is 31.5 Å². The van der Waals surface area contributed by atoms with Gasteiger partial charge >= 0.3 is 0 Å². The summed E-state index contributed by atoms with van der Waals surface area (Å²) in [6, 6.07) is 4.87. The number of carbonyl (C=O) groups excluding carboxylic acids is 1. The molecule has 1 rings (SSSR count). The Bertz CT molecular complexity index is 417. The number of hydrogen-bond acceptors (Lipinski definition) is 2. The molecule has 0 aromatic heterocycles. The second kappa shape index (κ2) is 7.46. The maximum absolute atomic E-state index is 13.6. The molecule has 0 aliphatic heterocycles. The number of benzene rings is 1. The van der Waals surface area contributed by atoms with E-state index in [1.165, 1.54) is 11.0 Å². The van der Waals surface area contributed by atoms with E-state index in [2.05, 4.69) is 5.32 Å². The van der Waals surface area contributed by atoms with Gasteiger partial charge in [-0.25, -0.2) is 4.39 Å². The van der Waals surface area contributed by atoms with E-state index >= 15 is 0 Å². The predicted molar refractivity (Wildman–Crippen MR) is 75.6 cm³/mol. The van der Waals surface area contributed by atoms with Crippen molar-refractivity contribution < 1.29 is 9.18 Å². The fourth-order valence-corrected chi connectivity index (χ4v) is 1.89. The summed E-state index contributed by atoms with van der Waals surface area (Å²) in [5, 5.41) is 3.52. The van der Waals surface area contributed by atoms with Gasteiger partial charge in [-0.2, -0.15) is 0 Å². The zero-order chi connectivity index (χ0) is 14.4. The van der Waals surface area contributed by atoms with Crippen LogP contribution in [0.3, 0.4) is 0 Å². The van der Waals surface area contributed by atoms with Crippen LogP contribution in [-0.2, 0) is 11.3 Å². The lowest BCUT2D eigenvalue weighted by atomic mass is 10.2. The number of nitrogens with zero attached hydrogens (tertiary/aromatic N) is 1. The van der Waals surface area contributed by atoms with Crippen LogP contribution >= 0.6 is 11.6 Å². The summed E-state index contributed by atoms with van der Waals surface area (Å²) in [4.78, 5) is 13.4. The molecule has 3 nitrogen and oxygen atoms in total. The molecule has 106 valence electrons. The van der Waals surface area contributed by atoms with Crippen molar-refractivity contribution in [2.24, 2.45) is 0 Å². The molecule has 0 bridgehead atoms. The van der Waals surface area contributed by atoms with E-state index < -0.39 is 0 Å². The molecule has 0 spiro atoms. The number of amides is 1. The van der Waals surface area contributed by atoms with Gasteiger partial charge in [0.25, 0.3) is 0 Å². The number of nitrogens with one attached hydrogen (secondary N) is 1. The van der Waals surface area contributed by atoms with Crippen LogP contribution in [0.4, 0.5) is 4.39 Å². The standard InChI is InChI=1S/C14H20ClFN2O/c1-10(2)17-8-7-14(19)18(3)9-11-12(15)5-4-6-13(11)16/h4-6,10,17H,7-9H2,1-3H3. The Labute approximate surface area is 118 Å². The van der Waals surface area contributed by atoms with Crippen LogP contribution in [0.2, 0.25) is 5.02 Å². The predicted octanol–water partition coefficient (Wildman–Crippen LogP) is 2.83. The highest BCUT2D eigenvalue weighted by atomic mass is 35.5. The Morgan fingerprint density at radius 2 is 2.16 bits per heavy atom. The van der Waals surface area contributed by atoms with Crippen LogP contribution in [0, 0.1) is 5.82 Å². The van der Waals surface area contributed by atoms with Crippen molar-refractivity contribution in [3.05, 3.63) is 34.6 Å². The topological polar surface area (TPSA) is 32.3 Å². The highest BCUT2D eigenvalue weighted by molar-refractivity contribution is 6.31. The van der Waals surface area contributed by atoms with Crippen molar-refractivity contribution in [2.45, 2.75) is 32.9 Å². The van der Waals surface area contributed by atoms with Gasteiger partial charge in [-0.3, -0.25) is 4.79 Å². The fourth-order valence-electron chi connectivity index (χ4n) is 1.67. The van der Waals surface area contributed by atoms with Crippen molar-refractivity contribution in [3.63, 3.8) is 0 Å². The molecule has 0 saturated carbocycles. The first-order valence-electron chi connectivity index (χ1n) is 6.32. The molecule has 1 amide bonds. The first-order chi connectivity index (χ1) is 8.91. The van der Waals surface area contributed by atoms with E-state index in [1.807, 2.05) is 13.8 Å². The minimum absolute atomic E-state index is 0.0348. The lowest BCUT2D eigenvalue weighted by molar-refractivity contribution is -0.130. The third kappa shape index (κ3) is 5.17. The Morgan fingerprint density at radius 1 is 1.47 bits per heavy atom. The molecule has 1 aromatic rings. The van der Waals surface area contributed by atoms with Crippen molar-refractivity contribution in [3.8, 4) is 0 Å². The molecule has 0 saturated heterocycles. The first-order valence-corrected chi connectivity index (χ1v) is 6.70. The van der Waals surface area contributed by atoms with Crippen LogP contribution in [0.1, 0.15) is 25.8 Å². The molecule has 0 atom stereocenters. The van der Waals surface area contributed by atoms with Crippen LogP contribution in [-0.4, -0.2) is 30.4 Å². The lowest BCUT2D eigenvalue weighted by Crippen LogP contribution is -2.32. The van der Waals surface area contributed by atoms with Crippen LogP contribution in [0.15, 0.2) is 18.2 Å². The molecule has 0 aliphatic carbocycles. The largest absolute Gasteiger partial charge is 0.341 e. The second-order valence-corrected chi connectivity index (χ2v) is 5.22. The van der Waals surface area contributed by atoms with Gasteiger partial charge in [0.2, 0.25) is 5.91 Å². The van der Waals surface area contributed by atoms with Gasteiger partial charge in [0.1, 0.15) is 5.82 Å². The highest BCUT2D eigenvalue weighted by Gasteiger charge is 2.13. The van der Waals surface area contributed by atoms with Crippen molar-refractivity contribution in [2.75, 3.05) is 13.6 Å². The second-order valence-electron chi connectivity index (χ2n) is 4.81. The summed E-state index contributed by atoms with van der Waals surface area (Å²) >= 11 is 5.93. The van der Waals surface area contributed by atoms with E-state index in [0.717, 1.165) is 0 Å². The third-order valence-electron chi connectivity index (χ3n) is 2.77. The van der Waals surface area contributed by atoms with Gasteiger partial charge in [0.05, 0.1) is 0 Å². The zero-order valence-corrected chi connectivity index (χ0v) is 12.3. The van der Waals surface area contributed by atoms with Gasteiger partial charge in [-0.05, 0) is 12.1 Å². The smallest absolute Gasteiger partial charge is 0.223 e. The SMILES string of the molecule is CC(C)NCCC(=O)N(C)Cc1c(F)cccc1Cl. The van der Waals surface area contributed by atoms with Crippen molar-refractivity contribution in [1.82, 2.24) is 10.2 Å². The number of rotatable bonds is 6. The molecule has 19 heavy (non-hydrogen) atoms. The van der Waals surface area contributed by atoms with Gasteiger partial charge in [0.15, 0.2) is 0 Å².